The van der Waals surface area contributed by atoms with Crippen LogP contribution in [0.1, 0.15) is 5.69 Å². The smallest absolute Gasteiger partial charge is 0.194 e. The Kier molecular flexibility index (Phi) is 1.32. The second kappa shape index (κ2) is 2.07. The molecule has 2 aromatic rings. The molecule has 0 unspecified atom stereocenters. The first-order chi connectivity index (χ1) is 4.79. The molecule has 0 N–H and O–H groups in total. The molecule has 0 aliphatic rings. The number of aromatic nitrogens is 2. The van der Waals surface area contributed by atoms with Gasteiger partial charge in [-0.05, 0) is 22.9 Å². The topological polar surface area (TPSA) is 17.3 Å². The van der Waals surface area contributed by atoms with Gasteiger partial charge in [-0.25, -0.2) is 4.98 Å². The van der Waals surface area contributed by atoms with Crippen LogP contribution in [0.4, 0.5) is 0 Å². The molecular formula is C6H5BrN2S. The van der Waals surface area contributed by atoms with Crippen LogP contribution >= 0.6 is 27.3 Å². The number of thiazole rings is 1. The molecule has 0 amide bonds. The Bertz CT molecular complexity index is 363. The standard InChI is InChI=1S/C6H5BrN2S/c1-4-5(7)10-6-8-2-3-9(4)6/h2-3H,1H3. The first-order valence-electron chi connectivity index (χ1n) is 2.87. The Morgan fingerprint density at radius 1 is 1.70 bits per heavy atom. The molecule has 0 bridgehead atoms. The van der Waals surface area contributed by atoms with Crippen LogP contribution in [0.2, 0.25) is 0 Å². The van der Waals surface area contributed by atoms with Gasteiger partial charge in [-0.2, -0.15) is 0 Å². The predicted molar refractivity (Wildman–Crippen MR) is 45.5 cm³/mol. The van der Waals surface area contributed by atoms with Crippen LogP contribution in [0.3, 0.4) is 0 Å². The molecule has 2 rings (SSSR count). The predicted octanol–water partition coefficient (Wildman–Crippen LogP) is 2.47. The van der Waals surface area contributed by atoms with Gasteiger partial charge in [0, 0.05) is 18.1 Å². The number of halogens is 1. The van der Waals surface area contributed by atoms with E-state index >= 15 is 0 Å². The summed E-state index contributed by atoms with van der Waals surface area (Å²) in [6.45, 7) is 2.06. The molecule has 0 saturated heterocycles. The van der Waals surface area contributed by atoms with Crippen molar-refractivity contribution in [2.24, 2.45) is 0 Å². The molecule has 0 aliphatic carbocycles. The highest BCUT2D eigenvalue weighted by molar-refractivity contribution is 9.11. The van der Waals surface area contributed by atoms with Gasteiger partial charge < -0.3 is 0 Å². The van der Waals surface area contributed by atoms with Gasteiger partial charge in [0.05, 0.1) is 3.79 Å². The molecule has 0 aliphatic heterocycles. The monoisotopic (exact) mass is 216 g/mol. The van der Waals surface area contributed by atoms with Gasteiger partial charge in [0.2, 0.25) is 0 Å². The van der Waals surface area contributed by atoms with Crippen LogP contribution in [-0.2, 0) is 0 Å². The molecule has 2 aromatic heterocycles. The Balaban J connectivity index is 2.95. The lowest BCUT2D eigenvalue weighted by Gasteiger charge is -1.85. The minimum absolute atomic E-state index is 1.05. The molecule has 52 valence electrons. The minimum Gasteiger partial charge on any atom is -0.294 e. The highest BCUT2D eigenvalue weighted by Gasteiger charge is 2.03. The maximum absolute atomic E-state index is 4.15. The number of fused-ring (bicyclic) bond motifs is 1. The van der Waals surface area contributed by atoms with Crippen LogP contribution in [0.15, 0.2) is 16.2 Å². The summed E-state index contributed by atoms with van der Waals surface area (Å²) in [4.78, 5) is 5.20. The van der Waals surface area contributed by atoms with Gasteiger partial charge in [-0.15, -0.1) is 0 Å². The van der Waals surface area contributed by atoms with Crippen molar-refractivity contribution < 1.29 is 0 Å². The third kappa shape index (κ3) is 0.722. The van der Waals surface area contributed by atoms with Gasteiger partial charge in [0.1, 0.15) is 0 Å². The fourth-order valence-corrected chi connectivity index (χ4v) is 2.31. The zero-order chi connectivity index (χ0) is 7.14. The second-order valence-electron chi connectivity index (χ2n) is 2.04. The summed E-state index contributed by atoms with van der Waals surface area (Å²) in [6.07, 6.45) is 3.78. The summed E-state index contributed by atoms with van der Waals surface area (Å²) in [6, 6.07) is 0. The molecule has 0 saturated carbocycles. The Morgan fingerprint density at radius 3 is 3.20 bits per heavy atom. The van der Waals surface area contributed by atoms with Crippen LogP contribution < -0.4 is 0 Å². The first kappa shape index (κ1) is 6.37. The largest absolute Gasteiger partial charge is 0.294 e. The molecule has 0 spiro atoms. The minimum atomic E-state index is 1.05. The molecule has 0 atom stereocenters. The van der Waals surface area contributed by atoms with Gasteiger partial charge in [0.25, 0.3) is 0 Å². The van der Waals surface area contributed by atoms with E-state index in [9.17, 15) is 0 Å². The lowest BCUT2D eigenvalue weighted by Crippen LogP contribution is -1.78. The molecule has 2 heterocycles. The average Bonchev–Trinajstić information content (AvgIpc) is 2.41. The van der Waals surface area contributed by atoms with E-state index in [2.05, 4.69) is 32.2 Å². The molecule has 0 fully saturated rings. The number of imidazole rings is 1. The van der Waals surface area contributed by atoms with Crippen LogP contribution in [0, 0.1) is 6.92 Å². The summed E-state index contributed by atoms with van der Waals surface area (Å²) in [5, 5.41) is 0. The van der Waals surface area contributed by atoms with Crippen molar-refractivity contribution >= 4 is 32.2 Å². The van der Waals surface area contributed by atoms with Gasteiger partial charge >= 0.3 is 0 Å². The van der Waals surface area contributed by atoms with E-state index in [-0.39, 0.29) is 0 Å². The lowest BCUT2D eigenvalue weighted by atomic mass is 10.6. The molecule has 4 heteroatoms. The Morgan fingerprint density at radius 2 is 2.50 bits per heavy atom. The number of hydrogen-bond acceptors (Lipinski definition) is 2. The Labute approximate surface area is 70.6 Å². The zero-order valence-electron chi connectivity index (χ0n) is 5.34. The van der Waals surface area contributed by atoms with Crippen molar-refractivity contribution in [1.29, 1.82) is 0 Å². The molecule has 0 aromatic carbocycles. The van der Waals surface area contributed by atoms with E-state index in [1.807, 2.05) is 12.4 Å². The number of aryl methyl sites for hydroxylation is 1. The fraction of sp³-hybridized carbons (Fsp3) is 0.167. The van der Waals surface area contributed by atoms with Crippen LogP contribution in [0.5, 0.6) is 0 Å². The average molecular weight is 217 g/mol. The van der Waals surface area contributed by atoms with Crippen molar-refractivity contribution in [2.45, 2.75) is 6.92 Å². The van der Waals surface area contributed by atoms with E-state index in [0.717, 1.165) is 8.75 Å². The number of rotatable bonds is 0. The second-order valence-corrected chi connectivity index (χ2v) is 4.34. The summed E-state index contributed by atoms with van der Waals surface area (Å²) < 4.78 is 3.23. The summed E-state index contributed by atoms with van der Waals surface area (Å²) in [5.74, 6) is 0. The highest BCUT2D eigenvalue weighted by Crippen LogP contribution is 2.26. The van der Waals surface area contributed by atoms with Gasteiger partial charge in [0.15, 0.2) is 4.96 Å². The molecule has 10 heavy (non-hydrogen) atoms. The van der Waals surface area contributed by atoms with Crippen molar-refractivity contribution in [3.8, 4) is 0 Å². The molecule has 2 nitrogen and oxygen atoms in total. The summed E-state index contributed by atoms with van der Waals surface area (Å²) in [7, 11) is 0. The lowest BCUT2D eigenvalue weighted by molar-refractivity contribution is 1.12. The van der Waals surface area contributed by atoms with Crippen molar-refractivity contribution in [3.63, 3.8) is 0 Å². The molecular weight excluding hydrogens is 212 g/mol. The zero-order valence-corrected chi connectivity index (χ0v) is 7.74. The summed E-state index contributed by atoms with van der Waals surface area (Å²) >= 11 is 5.10. The number of hydrogen-bond donors (Lipinski definition) is 0. The number of nitrogens with zero attached hydrogens (tertiary/aromatic N) is 2. The van der Waals surface area contributed by atoms with E-state index in [0.29, 0.717) is 0 Å². The third-order valence-corrected chi connectivity index (χ3v) is 3.45. The van der Waals surface area contributed by atoms with E-state index in [1.54, 1.807) is 11.3 Å². The van der Waals surface area contributed by atoms with E-state index in [4.69, 9.17) is 0 Å². The summed E-state index contributed by atoms with van der Waals surface area (Å²) in [5.41, 5.74) is 1.22. The van der Waals surface area contributed by atoms with Gasteiger partial charge in [-0.1, -0.05) is 11.3 Å². The van der Waals surface area contributed by atoms with Crippen molar-refractivity contribution in [3.05, 3.63) is 21.9 Å². The SMILES string of the molecule is Cc1c(Br)sc2nccn12. The van der Waals surface area contributed by atoms with E-state index < -0.39 is 0 Å². The fourth-order valence-electron chi connectivity index (χ4n) is 0.869. The maximum Gasteiger partial charge on any atom is 0.194 e. The first-order valence-corrected chi connectivity index (χ1v) is 4.48. The van der Waals surface area contributed by atoms with Crippen molar-refractivity contribution in [2.75, 3.05) is 0 Å². The quantitative estimate of drug-likeness (QED) is 0.662. The third-order valence-electron chi connectivity index (χ3n) is 1.43. The molecule has 0 radical (unpaired) electrons. The normalized spacial score (nSPS) is 11.0. The van der Waals surface area contributed by atoms with Crippen molar-refractivity contribution in [1.82, 2.24) is 9.38 Å². The highest BCUT2D eigenvalue weighted by atomic mass is 79.9. The Hall–Kier alpha value is -0.350. The van der Waals surface area contributed by atoms with Crippen LogP contribution in [0.25, 0.3) is 4.96 Å². The van der Waals surface area contributed by atoms with Gasteiger partial charge in [-0.3, -0.25) is 4.40 Å². The van der Waals surface area contributed by atoms with Crippen LogP contribution in [-0.4, -0.2) is 9.38 Å². The van der Waals surface area contributed by atoms with E-state index in [1.165, 1.54) is 5.69 Å². The maximum atomic E-state index is 4.15.